The van der Waals surface area contributed by atoms with Crippen molar-refractivity contribution in [3.8, 4) is 11.5 Å². The van der Waals surface area contributed by atoms with Crippen LogP contribution in [0.4, 0.5) is 0 Å². The quantitative estimate of drug-likeness (QED) is 0.461. The van der Waals surface area contributed by atoms with Crippen LogP contribution in [0.25, 0.3) is 0 Å². The molecule has 0 spiro atoms. The highest BCUT2D eigenvalue weighted by Crippen LogP contribution is 2.32. The molecule has 0 radical (unpaired) electrons. The number of aromatic nitrogens is 2. The number of carbonyl (C=O) groups excluding carboxylic acids is 1. The van der Waals surface area contributed by atoms with Crippen LogP contribution in [0.15, 0.2) is 35.8 Å². The molecule has 8 heteroatoms. The molecule has 0 unspecified atom stereocenters. The number of hydrogen-bond acceptors (Lipinski definition) is 6. The second kappa shape index (κ2) is 7.69. The zero-order valence-electron chi connectivity index (χ0n) is 11.9. The van der Waals surface area contributed by atoms with Crippen LogP contribution in [0.3, 0.4) is 0 Å². The Morgan fingerprint density at radius 3 is 2.77 bits per heavy atom. The number of benzene rings is 1. The largest absolute Gasteiger partial charge is 0.493 e. The molecule has 1 N–H and O–H groups in total. The molecule has 114 valence electrons. The van der Waals surface area contributed by atoms with Crippen LogP contribution < -0.4 is 14.9 Å². The number of nitrogens with one attached hydrogen (secondary N) is 1. The lowest BCUT2D eigenvalue weighted by Crippen LogP contribution is -2.19. The molecular weight excluding hydrogens is 399 g/mol. The molecule has 0 aliphatic heterocycles. The van der Waals surface area contributed by atoms with Crippen molar-refractivity contribution in [2.24, 2.45) is 5.10 Å². The maximum atomic E-state index is 11.8. The van der Waals surface area contributed by atoms with Crippen LogP contribution in [0, 0.1) is 3.57 Å². The first-order valence-corrected chi connectivity index (χ1v) is 7.24. The standard InChI is InChI=1S/C14H13IN4O3/c1-21-12-6-9(5-10(15)13(12)22-2)7-18-19-14(20)11-8-16-3-4-17-11/h3-8H,1-2H3,(H,19,20). The molecule has 7 nitrogen and oxygen atoms in total. The summed E-state index contributed by atoms with van der Waals surface area (Å²) in [6.45, 7) is 0. The van der Waals surface area contributed by atoms with E-state index in [1.54, 1.807) is 20.3 Å². The lowest BCUT2D eigenvalue weighted by Gasteiger charge is -2.10. The van der Waals surface area contributed by atoms with Crippen LogP contribution >= 0.6 is 22.6 Å². The van der Waals surface area contributed by atoms with Crippen molar-refractivity contribution in [1.82, 2.24) is 15.4 Å². The molecule has 0 aliphatic rings. The summed E-state index contributed by atoms with van der Waals surface area (Å²) >= 11 is 2.14. The smallest absolute Gasteiger partial charge is 0.291 e. The minimum absolute atomic E-state index is 0.196. The monoisotopic (exact) mass is 412 g/mol. The van der Waals surface area contributed by atoms with E-state index in [4.69, 9.17) is 9.47 Å². The third kappa shape index (κ3) is 3.91. The van der Waals surface area contributed by atoms with E-state index < -0.39 is 5.91 Å². The zero-order chi connectivity index (χ0) is 15.9. The van der Waals surface area contributed by atoms with E-state index in [1.807, 2.05) is 6.07 Å². The van der Waals surface area contributed by atoms with Gasteiger partial charge >= 0.3 is 0 Å². The van der Waals surface area contributed by atoms with Gasteiger partial charge in [0, 0.05) is 12.4 Å². The molecule has 2 aromatic rings. The topological polar surface area (TPSA) is 85.7 Å². The molecule has 22 heavy (non-hydrogen) atoms. The van der Waals surface area contributed by atoms with Crippen molar-refractivity contribution in [2.45, 2.75) is 0 Å². The average Bonchev–Trinajstić information content (AvgIpc) is 2.55. The maximum Gasteiger partial charge on any atom is 0.291 e. The van der Waals surface area contributed by atoms with Gasteiger partial charge in [-0.3, -0.25) is 9.78 Å². The molecule has 1 aromatic carbocycles. The van der Waals surface area contributed by atoms with Crippen LogP contribution in [0.1, 0.15) is 16.1 Å². The predicted octanol–water partition coefficient (Wildman–Crippen LogP) is 1.86. The molecule has 0 fully saturated rings. The van der Waals surface area contributed by atoms with E-state index in [9.17, 15) is 4.79 Å². The fourth-order valence-corrected chi connectivity index (χ4v) is 2.50. The summed E-state index contributed by atoms with van der Waals surface area (Å²) < 4.78 is 11.4. The molecule has 0 bridgehead atoms. The lowest BCUT2D eigenvalue weighted by atomic mass is 10.2. The van der Waals surface area contributed by atoms with E-state index in [0.29, 0.717) is 11.5 Å². The Labute approximate surface area is 140 Å². The Morgan fingerprint density at radius 2 is 2.14 bits per heavy atom. The molecular formula is C14H13IN4O3. The fourth-order valence-electron chi connectivity index (χ4n) is 1.65. The van der Waals surface area contributed by atoms with E-state index in [0.717, 1.165) is 9.13 Å². The third-order valence-electron chi connectivity index (χ3n) is 2.63. The molecule has 0 atom stereocenters. The van der Waals surface area contributed by atoms with Crippen molar-refractivity contribution in [2.75, 3.05) is 14.2 Å². The van der Waals surface area contributed by atoms with E-state index in [2.05, 4.69) is 43.1 Å². The molecule has 0 aliphatic carbocycles. The summed E-state index contributed by atoms with van der Waals surface area (Å²) in [5.41, 5.74) is 3.35. The second-order valence-corrected chi connectivity index (χ2v) is 5.19. The maximum absolute atomic E-state index is 11.8. The molecule has 2 rings (SSSR count). The Bertz CT molecular complexity index is 692. The van der Waals surface area contributed by atoms with Crippen molar-refractivity contribution in [3.05, 3.63) is 45.6 Å². The first kappa shape index (κ1) is 16.1. The summed E-state index contributed by atoms with van der Waals surface area (Å²) in [6, 6.07) is 3.62. The number of ether oxygens (including phenoxy) is 2. The first-order valence-electron chi connectivity index (χ1n) is 6.16. The van der Waals surface area contributed by atoms with Crippen molar-refractivity contribution in [3.63, 3.8) is 0 Å². The summed E-state index contributed by atoms with van der Waals surface area (Å²) in [7, 11) is 3.14. The molecule has 0 saturated heterocycles. The van der Waals surface area contributed by atoms with Crippen molar-refractivity contribution in [1.29, 1.82) is 0 Å². The second-order valence-electron chi connectivity index (χ2n) is 4.03. The van der Waals surface area contributed by atoms with Gasteiger partial charge in [-0.2, -0.15) is 5.10 Å². The van der Waals surface area contributed by atoms with Crippen LogP contribution in [0.5, 0.6) is 11.5 Å². The molecule has 1 aromatic heterocycles. The highest BCUT2D eigenvalue weighted by molar-refractivity contribution is 14.1. The number of nitrogens with zero attached hydrogens (tertiary/aromatic N) is 3. The van der Waals surface area contributed by atoms with Gasteiger partial charge in [-0.15, -0.1) is 0 Å². The number of rotatable bonds is 5. The van der Waals surface area contributed by atoms with Gasteiger partial charge in [0.1, 0.15) is 5.69 Å². The van der Waals surface area contributed by atoms with Gasteiger partial charge in [0.05, 0.1) is 30.2 Å². The van der Waals surface area contributed by atoms with Crippen LogP contribution in [-0.4, -0.2) is 36.3 Å². The van der Waals surface area contributed by atoms with Gasteiger partial charge < -0.3 is 9.47 Å². The summed E-state index contributed by atoms with van der Waals surface area (Å²) in [5, 5.41) is 3.90. The highest BCUT2D eigenvalue weighted by atomic mass is 127. The number of carbonyl (C=O) groups is 1. The Kier molecular flexibility index (Phi) is 5.64. The lowest BCUT2D eigenvalue weighted by molar-refractivity contribution is 0.0949. The highest BCUT2D eigenvalue weighted by Gasteiger charge is 2.10. The third-order valence-corrected chi connectivity index (χ3v) is 3.43. The molecule has 0 saturated carbocycles. The van der Waals surface area contributed by atoms with Gasteiger partial charge in [0.25, 0.3) is 5.91 Å². The summed E-state index contributed by atoms with van der Waals surface area (Å²) in [4.78, 5) is 19.5. The van der Waals surface area contributed by atoms with E-state index >= 15 is 0 Å². The van der Waals surface area contributed by atoms with E-state index in [-0.39, 0.29) is 5.69 Å². The summed E-state index contributed by atoms with van der Waals surface area (Å²) in [6.07, 6.45) is 5.81. The Balaban J connectivity index is 2.10. The number of amides is 1. The average molecular weight is 412 g/mol. The fraction of sp³-hybridized carbons (Fsp3) is 0.143. The minimum atomic E-state index is -0.431. The van der Waals surface area contributed by atoms with Crippen molar-refractivity contribution < 1.29 is 14.3 Å². The van der Waals surface area contributed by atoms with Gasteiger partial charge in [-0.05, 0) is 40.3 Å². The number of hydrogen-bond donors (Lipinski definition) is 1. The van der Waals surface area contributed by atoms with Gasteiger partial charge in [-0.1, -0.05) is 0 Å². The Morgan fingerprint density at radius 1 is 1.32 bits per heavy atom. The minimum Gasteiger partial charge on any atom is -0.493 e. The van der Waals surface area contributed by atoms with Gasteiger partial charge in [-0.25, -0.2) is 10.4 Å². The molecule has 1 heterocycles. The number of hydrazone groups is 1. The Hall–Kier alpha value is -2.23. The SMILES string of the molecule is COc1cc(C=NNC(=O)c2cnccn2)cc(I)c1OC. The first-order chi connectivity index (χ1) is 10.7. The van der Waals surface area contributed by atoms with E-state index in [1.165, 1.54) is 24.8 Å². The van der Waals surface area contributed by atoms with Crippen LogP contribution in [0.2, 0.25) is 0 Å². The van der Waals surface area contributed by atoms with Crippen LogP contribution in [-0.2, 0) is 0 Å². The zero-order valence-corrected chi connectivity index (χ0v) is 14.1. The number of halogens is 1. The van der Waals surface area contributed by atoms with Gasteiger partial charge in [0.2, 0.25) is 0 Å². The predicted molar refractivity (Wildman–Crippen MR) is 89.4 cm³/mol. The van der Waals surface area contributed by atoms with Crippen molar-refractivity contribution >= 4 is 34.7 Å². The molecule has 1 amide bonds. The normalized spacial score (nSPS) is 10.5. The van der Waals surface area contributed by atoms with Gasteiger partial charge in [0.15, 0.2) is 11.5 Å². The summed E-state index contributed by atoms with van der Waals surface area (Å²) in [5.74, 6) is 0.819. The number of methoxy groups -OCH3 is 2.